The lowest BCUT2D eigenvalue weighted by molar-refractivity contribution is 0.379. The van der Waals surface area contributed by atoms with Crippen LogP contribution in [0.2, 0.25) is 0 Å². The lowest BCUT2D eigenvalue weighted by Gasteiger charge is -2.24. The van der Waals surface area contributed by atoms with Gasteiger partial charge in [-0.1, -0.05) is 60.7 Å². The van der Waals surface area contributed by atoms with Gasteiger partial charge < -0.3 is 10.5 Å². The number of hydrogen-bond donors (Lipinski definition) is 2. The Morgan fingerprint density at radius 1 is 1.04 bits per heavy atom. The van der Waals surface area contributed by atoms with Crippen LogP contribution in [0.1, 0.15) is 17.0 Å². The van der Waals surface area contributed by atoms with E-state index >= 15 is 0 Å². The molecule has 1 atom stereocenters. The topological polar surface area (TPSA) is 87.7 Å². The molecule has 2 aromatic carbocycles. The van der Waals surface area contributed by atoms with E-state index in [9.17, 15) is 5.26 Å². The molecule has 1 unspecified atom stereocenters. The smallest absolute Gasteiger partial charge is 0.244 e. The molecular weight excluding hydrogens is 300 g/mol. The molecule has 0 amide bonds. The fourth-order valence-electron chi connectivity index (χ4n) is 3.05. The Balaban J connectivity index is 1.96. The first kappa shape index (κ1) is 14.1. The van der Waals surface area contributed by atoms with E-state index in [4.69, 9.17) is 10.5 Å². The van der Waals surface area contributed by atoms with Crippen LogP contribution in [0.5, 0.6) is 5.88 Å². The summed E-state index contributed by atoms with van der Waals surface area (Å²) in [6, 6.07) is 21.8. The SMILES string of the molecule is N#CC1=C(N)Oc2n[nH]c(-c3ccccc3)c2C1c1ccccc1. The monoisotopic (exact) mass is 314 g/mol. The van der Waals surface area contributed by atoms with Gasteiger partial charge in [-0.25, -0.2) is 0 Å². The number of aromatic nitrogens is 2. The van der Waals surface area contributed by atoms with E-state index < -0.39 is 0 Å². The van der Waals surface area contributed by atoms with Crippen molar-refractivity contribution in [1.29, 1.82) is 5.26 Å². The molecule has 0 aliphatic carbocycles. The summed E-state index contributed by atoms with van der Waals surface area (Å²) in [4.78, 5) is 0. The van der Waals surface area contributed by atoms with Crippen molar-refractivity contribution in [2.45, 2.75) is 5.92 Å². The summed E-state index contributed by atoms with van der Waals surface area (Å²) in [5.41, 5.74) is 9.97. The maximum Gasteiger partial charge on any atom is 0.244 e. The molecule has 3 N–H and O–H groups in total. The van der Waals surface area contributed by atoms with Crippen molar-refractivity contribution in [2.24, 2.45) is 5.73 Å². The van der Waals surface area contributed by atoms with E-state index in [0.717, 1.165) is 22.4 Å². The maximum atomic E-state index is 9.62. The molecule has 1 aliphatic heterocycles. The highest BCUT2D eigenvalue weighted by molar-refractivity contribution is 5.70. The second-order valence-electron chi connectivity index (χ2n) is 5.52. The van der Waals surface area contributed by atoms with Gasteiger partial charge in [0, 0.05) is 0 Å². The van der Waals surface area contributed by atoms with Gasteiger partial charge in [0.25, 0.3) is 0 Å². The first-order chi connectivity index (χ1) is 11.8. The summed E-state index contributed by atoms with van der Waals surface area (Å²) in [6.45, 7) is 0. The van der Waals surface area contributed by atoms with Gasteiger partial charge in [0.05, 0.1) is 17.2 Å². The van der Waals surface area contributed by atoms with Gasteiger partial charge >= 0.3 is 0 Å². The lowest BCUT2D eigenvalue weighted by Crippen LogP contribution is -2.20. The van der Waals surface area contributed by atoms with Gasteiger partial charge in [0.15, 0.2) is 0 Å². The Kier molecular flexibility index (Phi) is 3.29. The number of nitriles is 1. The highest BCUT2D eigenvalue weighted by Crippen LogP contribution is 2.45. The Morgan fingerprint density at radius 2 is 1.71 bits per heavy atom. The van der Waals surface area contributed by atoms with Gasteiger partial charge in [0.1, 0.15) is 11.6 Å². The lowest BCUT2D eigenvalue weighted by atomic mass is 9.83. The number of nitrogens with two attached hydrogens (primary N) is 1. The summed E-state index contributed by atoms with van der Waals surface area (Å²) >= 11 is 0. The minimum absolute atomic E-state index is 0.102. The molecule has 0 spiro atoms. The molecule has 24 heavy (non-hydrogen) atoms. The Morgan fingerprint density at radius 3 is 2.38 bits per heavy atom. The number of ether oxygens (including phenoxy) is 1. The number of hydrogen-bond acceptors (Lipinski definition) is 4. The highest BCUT2D eigenvalue weighted by Gasteiger charge is 2.35. The van der Waals surface area contributed by atoms with Crippen LogP contribution >= 0.6 is 0 Å². The second-order valence-corrected chi connectivity index (χ2v) is 5.52. The minimum atomic E-state index is -0.311. The van der Waals surface area contributed by atoms with Crippen molar-refractivity contribution in [1.82, 2.24) is 10.2 Å². The molecule has 0 saturated heterocycles. The molecule has 5 heteroatoms. The largest absolute Gasteiger partial charge is 0.420 e. The molecular formula is C19H14N4O. The number of allylic oxidation sites excluding steroid dienone is 1. The minimum Gasteiger partial charge on any atom is -0.420 e. The van der Waals surface area contributed by atoms with Gasteiger partial charge in [-0.05, 0) is 11.1 Å². The standard InChI is InChI=1S/C19H14N4O/c20-11-14-15(12-7-3-1-4-8-12)16-17(13-9-5-2-6-10-13)22-23-19(16)24-18(14)21/h1-10,15H,21H2,(H,22,23). The van der Waals surface area contributed by atoms with Crippen LogP contribution in [-0.2, 0) is 0 Å². The summed E-state index contributed by atoms with van der Waals surface area (Å²) in [5.74, 6) is 0.207. The number of fused-ring (bicyclic) bond motifs is 1. The molecule has 0 fully saturated rings. The van der Waals surface area contributed by atoms with Crippen molar-refractivity contribution in [3.63, 3.8) is 0 Å². The summed E-state index contributed by atoms with van der Waals surface area (Å²) in [5, 5.41) is 16.9. The molecule has 3 aromatic rings. The number of rotatable bonds is 2. The fourth-order valence-corrected chi connectivity index (χ4v) is 3.05. The number of benzene rings is 2. The van der Waals surface area contributed by atoms with E-state index in [-0.39, 0.29) is 11.8 Å². The van der Waals surface area contributed by atoms with Crippen molar-refractivity contribution in [2.75, 3.05) is 0 Å². The second kappa shape index (κ2) is 5.60. The van der Waals surface area contributed by atoms with Crippen LogP contribution in [0.4, 0.5) is 0 Å². The van der Waals surface area contributed by atoms with Gasteiger partial charge in [-0.2, -0.15) is 5.26 Å². The number of nitrogens with one attached hydrogen (secondary N) is 1. The molecule has 0 saturated carbocycles. The van der Waals surface area contributed by atoms with E-state index in [0.29, 0.717) is 11.5 Å². The van der Waals surface area contributed by atoms with Crippen LogP contribution < -0.4 is 10.5 Å². The van der Waals surface area contributed by atoms with Crippen molar-refractivity contribution < 1.29 is 4.74 Å². The predicted molar refractivity (Wildman–Crippen MR) is 89.8 cm³/mol. The van der Waals surface area contributed by atoms with E-state index in [1.165, 1.54) is 0 Å². The number of H-pyrrole nitrogens is 1. The Labute approximate surface area is 139 Å². The molecule has 5 nitrogen and oxygen atoms in total. The number of nitrogens with zero attached hydrogens (tertiary/aromatic N) is 2. The maximum absolute atomic E-state index is 9.62. The van der Waals surface area contributed by atoms with Crippen LogP contribution in [0.15, 0.2) is 72.1 Å². The van der Waals surface area contributed by atoms with Crippen LogP contribution in [0.25, 0.3) is 11.3 Å². The third-order valence-electron chi connectivity index (χ3n) is 4.13. The van der Waals surface area contributed by atoms with Gasteiger partial charge in [-0.3, -0.25) is 5.10 Å². The average Bonchev–Trinajstić information content (AvgIpc) is 3.05. The normalized spacial score (nSPS) is 16.2. The molecule has 1 aliphatic rings. The fraction of sp³-hybridized carbons (Fsp3) is 0.0526. The quantitative estimate of drug-likeness (QED) is 0.759. The molecule has 0 radical (unpaired) electrons. The number of aromatic amines is 1. The zero-order valence-corrected chi connectivity index (χ0v) is 12.7. The van der Waals surface area contributed by atoms with Crippen LogP contribution in [0.3, 0.4) is 0 Å². The van der Waals surface area contributed by atoms with Gasteiger partial charge in [0.2, 0.25) is 11.8 Å². The Hall–Kier alpha value is -3.52. The molecule has 1 aromatic heterocycles. The van der Waals surface area contributed by atoms with Crippen molar-refractivity contribution in [3.05, 3.63) is 83.2 Å². The zero-order chi connectivity index (χ0) is 16.5. The summed E-state index contributed by atoms with van der Waals surface area (Å²) in [6.07, 6.45) is 0. The summed E-state index contributed by atoms with van der Waals surface area (Å²) < 4.78 is 5.58. The molecule has 0 bridgehead atoms. The Bertz CT molecular complexity index is 952. The van der Waals surface area contributed by atoms with E-state index in [1.807, 2.05) is 60.7 Å². The van der Waals surface area contributed by atoms with Crippen molar-refractivity contribution >= 4 is 0 Å². The molecule has 4 rings (SSSR count). The molecule has 2 heterocycles. The predicted octanol–water partition coefficient (Wildman–Crippen LogP) is 3.29. The van der Waals surface area contributed by atoms with E-state index in [2.05, 4.69) is 16.3 Å². The zero-order valence-electron chi connectivity index (χ0n) is 12.7. The van der Waals surface area contributed by atoms with Crippen molar-refractivity contribution in [3.8, 4) is 23.2 Å². The first-order valence-corrected chi connectivity index (χ1v) is 7.56. The van der Waals surface area contributed by atoms with Crippen LogP contribution in [0, 0.1) is 11.3 Å². The van der Waals surface area contributed by atoms with Crippen LogP contribution in [-0.4, -0.2) is 10.2 Å². The third-order valence-corrected chi connectivity index (χ3v) is 4.13. The van der Waals surface area contributed by atoms with E-state index in [1.54, 1.807) is 0 Å². The highest BCUT2D eigenvalue weighted by atomic mass is 16.5. The van der Waals surface area contributed by atoms with Gasteiger partial charge in [-0.15, -0.1) is 5.10 Å². The average molecular weight is 314 g/mol. The first-order valence-electron chi connectivity index (χ1n) is 7.56. The third kappa shape index (κ3) is 2.13. The summed E-state index contributed by atoms with van der Waals surface area (Å²) in [7, 11) is 0. The molecule has 116 valence electrons.